The topological polar surface area (TPSA) is 12.0 Å². The van der Waals surface area contributed by atoms with Crippen molar-refractivity contribution in [3.63, 3.8) is 0 Å². The molecule has 14 heavy (non-hydrogen) atoms. The van der Waals surface area contributed by atoms with Gasteiger partial charge in [0.15, 0.2) is 0 Å². The van der Waals surface area contributed by atoms with Crippen LogP contribution in [0.1, 0.15) is 12.5 Å². The molecule has 1 rings (SSSR count). The van der Waals surface area contributed by atoms with Crippen LogP contribution in [-0.2, 0) is 0 Å². The summed E-state index contributed by atoms with van der Waals surface area (Å²) < 4.78 is 0. The zero-order chi connectivity index (χ0) is 10.4. The minimum atomic E-state index is 0.832. The summed E-state index contributed by atoms with van der Waals surface area (Å²) in [6.45, 7) is 5.18. The number of hydrogen-bond donors (Lipinski definition) is 1. The number of anilines is 1. The van der Waals surface area contributed by atoms with Gasteiger partial charge in [0.25, 0.3) is 0 Å². The van der Waals surface area contributed by atoms with Gasteiger partial charge in [0, 0.05) is 23.0 Å². The molecule has 0 saturated carbocycles. The van der Waals surface area contributed by atoms with Gasteiger partial charge in [-0.2, -0.15) is 11.8 Å². The summed E-state index contributed by atoms with van der Waals surface area (Å²) >= 11 is 7.95. The van der Waals surface area contributed by atoms with E-state index in [1.54, 1.807) is 0 Å². The van der Waals surface area contributed by atoms with E-state index >= 15 is 0 Å². The average molecular weight is 230 g/mol. The fourth-order valence-corrected chi connectivity index (χ4v) is 1.83. The van der Waals surface area contributed by atoms with E-state index in [9.17, 15) is 0 Å². The number of aryl methyl sites for hydroxylation is 1. The minimum Gasteiger partial charge on any atom is -0.384 e. The highest BCUT2D eigenvalue weighted by Crippen LogP contribution is 2.19. The number of nitrogens with one attached hydrogen (secondary N) is 1. The zero-order valence-electron chi connectivity index (χ0n) is 8.64. The van der Waals surface area contributed by atoms with Crippen LogP contribution in [0.25, 0.3) is 0 Å². The molecule has 0 aliphatic carbocycles. The van der Waals surface area contributed by atoms with Crippen molar-refractivity contribution >= 4 is 29.1 Å². The molecule has 0 aromatic heterocycles. The molecule has 0 atom stereocenters. The lowest BCUT2D eigenvalue weighted by molar-refractivity contribution is 1.22. The van der Waals surface area contributed by atoms with Crippen molar-refractivity contribution in [3.05, 3.63) is 28.8 Å². The first kappa shape index (κ1) is 11.7. The lowest BCUT2D eigenvalue weighted by atomic mass is 10.2. The van der Waals surface area contributed by atoms with Crippen LogP contribution >= 0.6 is 23.4 Å². The molecule has 0 heterocycles. The monoisotopic (exact) mass is 229 g/mol. The largest absolute Gasteiger partial charge is 0.384 e. The SMILES string of the molecule is CCSCCNc1ccc(C)c(Cl)c1. The fourth-order valence-electron chi connectivity index (χ4n) is 1.11. The van der Waals surface area contributed by atoms with Crippen molar-refractivity contribution < 1.29 is 0 Å². The molecule has 1 aromatic rings. The summed E-state index contributed by atoms with van der Waals surface area (Å²) in [6, 6.07) is 6.09. The van der Waals surface area contributed by atoms with Crippen molar-refractivity contribution in [2.24, 2.45) is 0 Å². The number of rotatable bonds is 5. The first-order valence-corrected chi connectivity index (χ1v) is 6.35. The summed E-state index contributed by atoms with van der Waals surface area (Å²) in [5.74, 6) is 2.32. The van der Waals surface area contributed by atoms with Crippen LogP contribution in [-0.4, -0.2) is 18.1 Å². The standard InChI is InChI=1S/C11H16ClNS/c1-3-14-7-6-13-10-5-4-9(2)11(12)8-10/h4-5,8,13H,3,6-7H2,1-2H3. The van der Waals surface area contributed by atoms with Gasteiger partial charge in [-0.25, -0.2) is 0 Å². The maximum Gasteiger partial charge on any atom is 0.0455 e. The van der Waals surface area contributed by atoms with Crippen molar-refractivity contribution in [3.8, 4) is 0 Å². The van der Waals surface area contributed by atoms with Crippen molar-refractivity contribution in [1.29, 1.82) is 0 Å². The van der Waals surface area contributed by atoms with Crippen LogP contribution < -0.4 is 5.32 Å². The Labute approximate surface area is 95.2 Å². The lowest BCUT2D eigenvalue weighted by Crippen LogP contribution is -2.04. The molecule has 3 heteroatoms. The molecular weight excluding hydrogens is 214 g/mol. The first-order chi connectivity index (χ1) is 6.74. The number of halogens is 1. The summed E-state index contributed by atoms with van der Waals surface area (Å²) in [7, 11) is 0. The average Bonchev–Trinajstić information content (AvgIpc) is 2.18. The highest BCUT2D eigenvalue weighted by molar-refractivity contribution is 7.99. The zero-order valence-corrected chi connectivity index (χ0v) is 10.2. The van der Waals surface area contributed by atoms with Gasteiger partial charge >= 0.3 is 0 Å². The summed E-state index contributed by atoms with van der Waals surface area (Å²) in [5.41, 5.74) is 2.23. The van der Waals surface area contributed by atoms with Gasteiger partial charge in [0.05, 0.1) is 0 Å². The second-order valence-corrected chi connectivity index (χ2v) is 4.89. The maximum atomic E-state index is 6.01. The van der Waals surface area contributed by atoms with Crippen LogP contribution in [0.5, 0.6) is 0 Å². The van der Waals surface area contributed by atoms with Gasteiger partial charge in [-0.05, 0) is 30.4 Å². The van der Waals surface area contributed by atoms with Gasteiger partial charge in [-0.1, -0.05) is 24.6 Å². The van der Waals surface area contributed by atoms with E-state index in [4.69, 9.17) is 11.6 Å². The van der Waals surface area contributed by atoms with E-state index in [0.29, 0.717) is 0 Å². The molecule has 0 saturated heterocycles. The predicted octanol–water partition coefficient (Wildman–Crippen LogP) is 3.81. The molecular formula is C11H16ClNS. The van der Waals surface area contributed by atoms with Crippen molar-refractivity contribution in [1.82, 2.24) is 0 Å². The van der Waals surface area contributed by atoms with Crippen LogP contribution in [0, 0.1) is 6.92 Å². The smallest absolute Gasteiger partial charge is 0.0455 e. The van der Waals surface area contributed by atoms with E-state index in [1.807, 2.05) is 30.8 Å². The number of thioether (sulfide) groups is 1. The highest BCUT2D eigenvalue weighted by atomic mass is 35.5. The molecule has 1 nitrogen and oxygen atoms in total. The molecule has 0 aliphatic heterocycles. The van der Waals surface area contributed by atoms with Gasteiger partial charge in [0.1, 0.15) is 0 Å². The van der Waals surface area contributed by atoms with E-state index in [-0.39, 0.29) is 0 Å². The maximum absolute atomic E-state index is 6.01. The van der Waals surface area contributed by atoms with E-state index < -0.39 is 0 Å². The highest BCUT2D eigenvalue weighted by Gasteiger charge is 1.96. The Bertz CT molecular complexity index is 289. The summed E-state index contributed by atoms with van der Waals surface area (Å²) in [4.78, 5) is 0. The third kappa shape index (κ3) is 3.81. The predicted molar refractivity (Wildman–Crippen MR) is 67.7 cm³/mol. The van der Waals surface area contributed by atoms with Crippen molar-refractivity contribution in [2.75, 3.05) is 23.4 Å². The van der Waals surface area contributed by atoms with Crippen LogP contribution in [0.4, 0.5) is 5.69 Å². The fraction of sp³-hybridized carbons (Fsp3) is 0.455. The van der Waals surface area contributed by atoms with E-state index in [1.165, 1.54) is 5.75 Å². The van der Waals surface area contributed by atoms with E-state index in [0.717, 1.165) is 28.6 Å². The Kier molecular flexibility index (Phi) is 5.20. The molecule has 0 radical (unpaired) electrons. The molecule has 0 spiro atoms. The van der Waals surface area contributed by atoms with Crippen LogP contribution in [0.3, 0.4) is 0 Å². The quantitative estimate of drug-likeness (QED) is 0.771. The van der Waals surface area contributed by atoms with Gasteiger partial charge in [0.2, 0.25) is 0 Å². The number of benzene rings is 1. The Morgan fingerprint density at radius 3 is 2.86 bits per heavy atom. The molecule has 0 fully saturated rings. The van der Waals surface area contributed by atoms with E-state index in [2.05, 4.69) is 18.3 Å². The Morgan fingerprint density at radius 2 is 2.21 bits per heavy atom. The lowest BCUT2D eigenvalue weighted by Gasteiger charge is -2.07. The van der Waals surface area contributed by atoms with Crippen LogP contribution in [0.2, 0.25) is 5.02 Å². The summed E-state index contributed by atoms with van der Waals surface area (Å²) in [6.07, 6.45) is 0. The Hall–Kier alpha value is -0.340. The third-order valence-electron chi connectivity index (χ3n) is 1.95. The van der Waals surface area contributed by atoms with Gasteiger partial charge in [-0.3, -0.25) is 0 Å². The molecule has 78 valence electrons. The molecule has 1 aromatic carbocycles. The molecule has 1 N–H and O–H groups in total. The second-order valence-electron chi connectivity index (χ2n) is 3.09. The minimum absolute atomic E-state index is 0.832. The number of hydrogen-bond acceptors (Lipinski definition) is 2. The third-order valence-corrected chi connectivity index (χ3v) is 3.26. The first-order valence-electron chi connectivity index (χ1n) is 4.82. The molecule has 0 aliphatic rings. The Morgan fingerprint density at radius 1 is 1.43 bits per heavy atom. The van der Waals surface area contributed by atoms with Gasteiger partial charge < -0.3 is 5.32 Å². The Balaban J connectivity index is 2.39. The van der Waals surface area contributed by atoms with Gasteiger partial charge in [-0.15, -0.1) is 0 Å². The van der Waals surface area contributed by atoms with Crippen molar-refractivity contribution in [2.45, 2.75) is 13.8 Å². The molecule has 0 unspecified atom stereocenters. The summed E-state index contributed by atoms with van der Waals surface area (Å²) in [5, 5.41) is 4.17. The van der Waals surface area contributed by atoms with Crippen LogP contribution in [0.15, 0.2) is 18.2 Å². The molecule has 0 bridgehead atoms. The second kappa shape index (κ2) is 6.20. The normalized spacial score (nSPS) is 10.2. The molecule has 0 amide bonds.